The normalized spacial score (nSPS) is 10.7. The molecule has 0 saturated heterocycles. The number of nitrogens with one attached hydrogen (secondary N) is 2. The maximum atomic E-state index is 14.4. The van der Waals surface area contributed by atoms with Crippen LogP contribution >= 0.6 is 0 Å². The fourth-order valence-corrected chi connectivity index (χ4v) is 3.30. The molecule has 0 aliphatic carbocycles. The molecule has 2 N–H and O–H groups in total. The van der Waals surface area contributed by atoms with Crippen LogP contribution in [0.5, 0.6) is 0 Å². The Morgan fingerprint density at radius 1 is 1.00 bits per heavy atom. The van der Waals surface area contributed by atoms with E-state index in [0.717, 1.165) is 27.8 Å². The maximum Gasteiger partial charge on any atom is 0.251 e. The number of benzene rings is 2. The van der Waals surface area contributed by atoms with Crippen molar-refractivity contribution in [3.8, 4) is 11.1 Å². The summed E-state index contributed by atoms with van der Waals surface area (Å²) in [6, 6.07) is 14.2. The molecular weight excluding hydrogens is 381 g/mol. The number of aromatic nitrogens is 3. The molecule has 0 bridgehead atoms. The minimum atomic E-state index is -0.294. The summed E-state index contributed by atoms with van der Waals surface area (Å²) in [7, 11) is 1.81. The summed E-state index contributed by atoms with van der Waals surface area (Å²) < 4.78 is 14.4. The van der Waals surface area contributed by atoms with Gasteiger partial charge < -0.3 is 10.6 Å². The average molecular weight is 401 g/mol. The van der Waals surface area contributed by atoms with E-state index >= 15 is 0 Å². The summed E-state index contributed by atoms with van der Waals surface area (Å²) in [6.45, 7) is 0.330. The number of carbonyl (C=O) groups is 1. The van der Waals surface area contributed by atoms with Gasteiger partial charge in [-0.25, -0.2) is 14.4 Å². The number of halogens is 1. The number of anilines is 1. The smallest absolute Gasteiger partial charge is 0.251 e. The summed E-state index contributed by atoms with van der Waals surface area (Å²) >= 11 is 0. The number of nitrogens with zero attached hydrogens (tertiary/aromatic N) is 3. The van der Waals surface area contributed by atoms with Crippen LogP contribution in [0.3, 0.4) is 0 Å². The van der Waals surface area contributed by atoms with Crippen LogP contribution in [-0.2, 0) is 6.42 Å². The van der Waals surface area contributed by atoms with Gasteiger partial charge in [-0.1, -0.05) is 12.1 Å². The van der Waals surface area contributed by atoms with Crippen LogP contribution < -0.4 is 10.6 Å². The van der Waals surface area contributed by atoms with Crippen molar-refractivity contribution in [2.75, 3.05) is 18.9 Å². The minimum absolute atomic E-state index is 0.205. The number of carbonyl (C=O) groups excluding carboxylic acids is 1. The largest absolute Gasteiger partial charge is 0.373 e. The lowest BCUT2D eigenvalue weighted by atomic mass is 10.00. The Morgan fingerprint density at radius 3 is 2.57 bits per heavy atom. The van der Waals surface area contributed by atoms with Crippen LogP contribution in [0.1, 0.15) is 15.9 Å². The van der Waals surface area contributed by atoms with Gasteiger partial charge in [0.15, 0.2) is 0 Å². The van der Waals surface area contributed by atoms with Crippen molar-refractivity contribution in [3.05, 3.63) is 84.2 Å². The van der Waals surface area contributed by atoms with Crippen LogP contribution in [0.2, 0.25) is 0 Å². The van der Waals surface area contributed by atoms with Crippen molar-refractivity contribution in [2.24, 2.45) is 0 Å². The summed E-state index contributed by atoms with van der Waals surface area (Å²) in [6.07, 6.45) is 5.03. The molecule has 2 heterocycles. The predicted octanol–water partition coefficient (Wildman–Crippen LogP) is 3.85. The van der Waals surface area contributed by atoms with Crippen molar-refractivity contribution in [2.45, 2.75) is 6.42 Å². The van der Waals surface area contributed by atoms with Gasteiger partial charge in [0, 0.05) is 36.9 Å². The highest BCUT2D eigenvalue weighted by molar-refractivity contribution is 5.94. The van der Waals surface area contributed by atoms with Crippen LogP contribution in [-0.4, -0.2) is 34.5 Å². The fraction of sp³-hybridized carbons (Fsp3) is 0.130. The van der Waals surface area contributed by atoms with E-state index in [4.69, 9.17) is 0 Å². The Hall–Kier alpha value is -3.87. The van der Waals surface area contributed by atoms with Gasteiger partial charge in [0.2, 0.25) is 0 Å². The third kappa shape index (κ3) is 4.10. The van der Waals surface area contributed by atoms with Crippen LogP contribution in [0, 0.1) is 5.82 Å². The summed E-state index contributed by atoms with van der Waals surface area (Å²) in [5, 5.41) is 6.78. The number of rotatable bonds is 6. The standard InChI is InChI=1S/C23H20FN5O/c1-25-22-19-13-17(3-5-21(19)28-14-29-22)16-2-4-20(24)18(12-16)8-11-27-23(30)15-6-9-26-10-7-15/h2-7,9-10,12-14H,8,11H2,1H3,(H,27,30)(H,25,28,29). The van der Waals surface area contributed by atoms with E-state index in [0.29, 0.717) is 24.1 Å². The molecule has 0 aliphatic rings. The zero-order valence-corrected chi connectivity index (χ0v) is 16.4. The second-order valence-electron chi connectivity index (χ2n) is 6.75. The molecule has 0 unspecified atom stereocenters. The molecule has 0 spiro atoms. The fourth-order valence-electron chi connectivity index (χ4n) is 3.30. The molecule has 30 heavy (non-hydrogen) atoms. The van der Waals surface area contributed by atoms with Crippen molar-refractivity contribution in [3.63, 3.8) is 0 Å². The summed E-state index contributed by atoms with van der Waals surface area (Å²) in [5.74, 6) is 0.239. The van der Waals surface area contributed by atoms with Gasteiger partial charge in [-0.3, -0.25) is 9.78 Å². The Kier molecular flexibility index (Phi) is 5.61. The van der Waals surface area contributed by atoms with Crippen molar-refractivity contribution < 1.29 is 9.18 Å². The van der Waals surface area contributed by atoms with Gasteiger partial charge >= 0.3 is 0 Å². The number of hydrogen-bond acceptors (Lipinski definition) is 5. The minimum Gasteiger partial charge on any atom is -0.373 e. The van der Waals surface area contributed by atoms with E-state index in [-0.39, 0.29) is 11.7 Å². The summed E-state index contributed by atoms with van der Waals surface area (Å²) in [5.41, 5.74) is 3.73. The van der Waals surface area contributed by atoms with Gasteiger partial charge in [-0.05, 0) is 59.5 Å². The zero-order valence-electron chi connectivity index (χ0n) is 16.4. The van der Waals surface area contributed by atoms with Crippen molar-refractivity contribution in [1.82, 2.24) is 20.3 Å². The zero-order chi connectivity index (χ0) is 20.9. The monoisotopic (exact) mass is 401 g/mol. The molecule has 0 atom stereocenters. The predicted molar refractivity (Wildman–Crippen MR) is 115 cm³/mol. The molecule has 4 aromatic rings. The molecular formula is C23H20FN5O. The van der Waals surface area contributed by atoms with E-state index in [2.05, 4.69) is 25.6 Å². The third-order valence-corrected chi connectivity index (χ3v) is 4.87. The van der Waals surface area contributed by atoms with E-state index in [1.165, 1.54) is 12.4 Å². The van der Waals surface area contributed by atoms with Gasteiger partial charge in [-0.15, -0.1) is 0 Å². The molecule has 2 aromatic heterocycles. The molecule has 0 aliphatic heterocycles. The van der Waals surface area contributed by atoms with E-state index in [9.17, 15) is 9.18 Å². The molecule has 150 valence electrons. The Bertz CT molecular complexity index is 1200. The summed E-state index contributed by atoms with van der Waals surface area (Å²) in [4.78, 5) is 24.6. The molecule has 7 heteroatoms. The second kappa shape index (κ2) is 8.65. The van der Waals surface area contributed by atoms with Crippen LogP contribution in [0.25, 0.3) is 22.0 Å². The Balaban J connectivity index is 1.53. The van der Waals surface area contributed by atoms with Gasteiger partial charge in [0.25, 0.3) is 5.91 Å². The number of pyridine rings is 1. The van der Waals surface area contributed by atoms with E-state index < -0.39 is 0 Å². The Labute approximate surface area is 173 Å². The first kappa shape index (κ1) is 19.4. The number of amides is 1. The molecule has 4 rings (SSSR count). The van der Waals surface area contributed by atoms with Gasteiger partial charge in [0.1, 0.15) is 18.0 Å². The lowest BCUT2D eigenvalue weighted by Crippen LogP contribution is -2.25. The second-order valence-corrected chi connectivity index (χ2v) is 6.75. The lowest BCUT2D eigenvalue weighted by Gasteiger charge is -2.10. The average Bonchev–Trinajstić information content (AvgIpc) is 2.80. The highest BCUT2D eigenvalue weighted by Gasteiger charge is 2.10. The first-order valence-corrected chi connectivity index (χ1v) is 9.55. The number of fused-ring (bicyclic) bond motifs is 1. The van der Waals surface area contributed by atoms with Crippen molar-refractivity contribution in [1.29, 1.82) is 0 Å². The third-order valence-electron chi connectivity index (χ3n) is 4.87. The van der Waals surface area contributed by atoms with E-state index in [1.54, 1.807) is 30.6 Å². The number of hydrogen-bond donors (Lipinski definition) is 2. The van der Waals surface area contributed by atoms with Crippen LogP contribution in [0.4, 0.5) is 10.2 Å². The molecule has 0 radical (unpaired) electrons. The molecule has 1 amide bonds. The van der Waals surface area contributed by atoms with Gasteiger partial charge in [-0.2, -0.15) is 0 Å². The lowest BCUT2D eigenvalue weighted by molar-refractivity contribution is 0.0954. The maximum absolute atomic E-state index is 14.4. The molecule has 6 nitrogen and oxygen atoms in total. The molecule has 0 fully saturated rings. The van der Waals surface area contributed by atoms with Gasteiger partial charge in [0.05, 0.1) is 5.52 Å². The van der Waals surface area contributed by atoms with Crippen molar-refractivity contribution >= 4 is 22.6 Å². The molecule has 0 saturated carbocycles. The SMILES string of the molecule is CNc1ncnc2ccc(-c3ccc(F)c(CCNC(=O)c4ccncc4)c3)cc12. The van der Waals surface area contributed by atoms with E-state index in [1.807, 2.05) is 31.3 Å². The first-order valence-electron chi connectivity index (χ1n) is 9.55. The first-order chi connectivity index (χ1) is 14.7. The highest BCUT2D eigenvalue weighted by atomic mass is 19.1. The Morgan fingerprint density at radius 2 is 1.77 bits per heavy atom. The topological polar surface area (TPSA) is 79.8 Å². The molecule has 2 aromatic carbocycles. The van der Waals surface area contributed by atoms with Crippen LogP contribution in [0.15, 0.2) is 67.3 Å². The highest BCUT2D eigenvalue weighted by Crippen LogP contribution is 2.28. The quantitative estimate of drug-likeness (QED) is 0.513.